The second kappa shape index (κ2) is 16.7. The number of H-pyrrole nitrogens is 1. The molecule has 24 nitrogen and oxygen atoms in total. The van der Waals surface area contributed by atoms with Crippen molar-refractivity contribution in [3.8, 4) is 0 Å². The molecule has 2 aromatic rings. The van der Waals surface area contributed by atoms with E-state index in [1.807, 2.05) is 0 Å². The number of aromatic amines is 1. The molecule has 3 aliphatic rings. The fourth-order valence-corrected chi connectivity index (χ4v) is 6.86. The summed E-state index contributed by atoms with van der Waals surface area (Å²) in [5, 5.41) is 20.4. The van der Waals surface area contributed by atoms with Gasteiger partial charge in [0.25, 0.3) is 5.56 Å². The molecular formula is C19H28MoN8O16P2S2. The average molecular weight is 846 g/mol. The summed E-state index contributed by atoms with van der Waals surface area (Å²) in [4.78, 5) is 62.2. The van der Waals surface area contributed by atoms with E-state index in [1.165, 1.54) is 6.07 Å². The van der Waals surface area contributed by atoms with E-state index in [-0.39, 0.29) is 69.9 Å². The molecule has 29 heteroatoms. The van der Waals surface area contributed by atoms with Crippen LogP contribution in [-0.4, -0.2) is 106 Å². The molecule has 5 rings (SSSR count). The van der Waals surface area contributed by atoms with Gasteiger partial charge in [0.05, 0.1) is 25.4 Å². The van der Waals surface area contributed by atoms with Crippen LogP contribution in [0.4, 0.5) is 11.8 Å². The molecule has 2 aromatic heterocycles. The van der Waals surface area contributed by atoms with Gasteiger partial charge in [0.2, 0.25) is 5.95 Å². The molecule has 5 heterocycles. The number of nitrogens with two attached hydrogens (primary N) is 2. The number of anilines is 2. The SMILES string of the molecule is Nc1ccn(C2OC(COP(=O)(O)OP(=O)(O)OCC3OC4N=c5nc(N)[nH]c(=O)c5=NC4C([S-])=C3[S-])C(O)C2O)c(=O)n1.O.O.O.[Mo+2]. The van der Waals surface area contributed by atoms with Gasteiger partial charge < -0.3 is 82.6 Å². The zero-order valence-electron chi connectivity index (χ0n) is 23.6. The van der Waals surface area contributed by atoms with Gasteiger partial charge in [0.1, 0.15) is 24.1 Å². The van der Waals surface area contributed by atoms with Crippen LogP contribution in [0.1, 0.15) is 6.23 Å². The van der Waals surface area contributed by atoms with Crippen LogP contribution in [0.15, 0.2) is 41.6 Å². The number of phosphoric acid groups is 2. The van der Waals surface area contributed by atoms with Crippen LogP contribution in [0.25, 0.3) is 0 Å². The van der Waals surface area contributed by atoms with E-state index in [9.17, 15) is 38.7 Å². The summed E-state index contributed by atoms with van der Waals surface area (Å²) < 4.78 is 50.5. The third-order valence-corrected chi connectivity index (χ3v) is 9.93. The largest absolute Gasteiger partial charge is 2.00 e. The summed E-state index contributed by atoms with van der Waals surface area (Å²) in [6.45, 7) is -1.76. The number of nitrogens with one attached hydrogen (secondary N) is 1. The second-order valence-electron chi connectivity index (χ2n) is 9.27. The first-order chi connectivity index (χ1) is 20.5. The number of aliphatic hydroxyl groups is 2. The van der Waals surface area contributed by atoms with Crippen LogP contribution in [0, 0.1) is 0 Å². The van der Waals surface area contributed by atoms with Crippen molar-refractivity contribution in [2.24, 2.45) is 9.98 Å². The van der Waals surface area contributed by atoms with Crippen LogP contribution < -0.4 is 33.6 Å². The molecule has 0 radical (unpaired) electrons. The van der Waals surface area contributed by atoms with Crippen molar-refractivity contribution in [1.29, 1.82) is 0 Å². The molecule has 0 amide bonds. The maximum Gasteiger partial charge on any atom is 2.00 e. The molecule has 9 atom stereocenters. The molecule has 268 valence electrons. The molecule has 0 saturated carbocycles. The number of hydrogen-bond acceptors (Lipinski definition) is 19. The summed E-state index contributed by atoms with van der Waals surface area (Å²) in [6, 6.07) is 0.241. The molecule has 0 bridgehead atoms. The first kappa shape index (κ1) is 43.8. The summed E-state index contributed by atoms with van der Waals surface area (Å²) in [5.41, 5.74) is 9.24. The molecule has 0 aliphatic carbocycles. The van der Waals surface area contributed by atoms with Gasteiger partial charge in [0.15, 0.2) is 23.3 Å². The number of fused-ring (bicyclic) bond motifs is 2. The zero-order chi connectivity index (χ0) is 32.1. The Morgan fingerprint density at radius 2 is 1.58 bits per heavy atom. The maximum absolute atomic E-state index is 12.5. The Hall–Kier alpha value is -2.19. The maximum atomic E-state index is 12.5. The second-order valence-corrected chi connectivity index (χ2v) is 13.2. The molecule has 1 saturated heterocycles. The first-order valence-electron chi connectivity index (χ1n) is 12.1. The molecule has 3 aliphatic heterocycles. The van der Waals surface area contributed by atoms with Crippen molar-refractivity contribution in [3.05, 3.63) is 53.8 Å². The van der Waals surface area contributed by atoms with Gasteiger partial charge in [-0.25, -0.2) is 18.9 Å². The van der Waals surface area contributed by atoms with Crippen molar-refractivity contribution in [3.63, 3.8) is 0 Å². The Labute approximate surface area is 292 Å². The van der Waals surface area contributed by atoms with Crippen molar-refractivity contribution in [1.82, 2.24) is 19.5 Å². The third-order valence-electron chi connectivity index (χ3n) is 6.25. The van der Waals surface area contributed by atoms with Gasteiger partial charge in [-0.1, -0.05) is 0 Å². The van der Waals surface area contributed by atoms with Crippen molar-refractivity contribution < 1.29 is 89.5 Å². The minimum Gasteiger partial charge on any atom is -0.783 e. The normalized spacial score (nSPS) is 28.2. The van der Waals surface area contributed by atoms with Crippen LogP contribution in [0.5, 0.6) is 0 Å². The summed E-state index contributed by atoms with van der Waals surface area (Å²) in [7, 11) is -10.7. The van der Waals surface area contributed by atoms with Gasteiger partial charge in [0, 0.05) is 6.20 Å². The number of rotatable bonds is 9. The predicted molar refractivity (Wildman–Crippen MR) is 158 cm³/mol. The number of nitrogen functional groups attached to an aromatic ring is 2. The molecule has 1 fully saturated rings. The predicted octanol–water partition coefficient (Wildman–Crippen LogP) is -6.76. The van der Waals surface area contributed by atoms with Crippen molar-refractivity contribution >= 4 is 52.7 Å². The van der Waals surface area contributed by atoms with Gasteiger partial charge in [-0.3, -0.25) is 28.4 Å². The van der Waals surface area contributed by atoms with E-state index in [4.69, 9.17) is 50.7 Å². The number of phosphoric ester groups is 2. The van der Waals surface area contributed by atoms with Gasteiger partial charge in [-0.2, -0.15) is 24.1 Å². The number of nitrogens with zero attached hydrogens (tertiary/aromatic N) is 5. The Morgan fingerprint density at radius 3 is 2.21 bits per heavy atom. The topological polar surface area (TPSA) is 413 Å². The van der Waals surface area contributed by atoms with E-state index < -0.39 is 83.0 Å². The van der Waals surface area contributed by atoms with Gasteiger partial charge >= 0.3 is 42.4 Å². The van der Waals surface area contributed by atoms with E-state index in [1.54, 1.807) is 0 Å². The van der Waals surface area contributed by atoms with Crippen molar-refractivity contribution in [2.75, 3.05) is 24.7 Å². The van der Waals surface area contributed by atoms with Crippen molar-refractivity contribution in [2.45, 2.75) is 42.9 Å². The minimum absolute atomic E-state index is 0. The van der Waals surface area contributed by atoms with E-state index in [0.29, 0.717) is 0 Å². The third kappa shape index (κ3) is 9.32. The fourth-order valence-electron chi connectivity index (χ4n) is 4.24. The molecule has 0 spiro atoms. The number of aliphatic hydroxyl groups excluding tert-OH is 2. The Morgan fingerprint density at radius 1 is 0.958 bits per heavy atom. The first-order valence-corrected chi connectivity index (χ1v) is 15.9. The quantitative estimate of drug-likeness (QED) is 0.0700. The number of ether oxygens (including phenoxy) is 2. The molecule has 48 heavy (non-hydrogen) atoms. The zero-order valence-corrected chi connectivity index (χ0v) is 29.0. The summed E-state index contributed by atoms with van der Waals surface area (Å²) >= 11 is 10.6. The Bertz CT molecular complexity index is 1850. The van der Waals surface area contributed by atoms with Crippen LogP contribution >= 0.6 is 15.6 Å². The molecule has 0 aromatic carbocycles. The summed E-state index contributed by atoms with van der Waals surface area (Å²) in [5.74, 6) is -0.337. The van der Waals surface area contributed by atoms with Crippen LogP contribution in [0.3, 0.4) is 0 Å². The minimum atomic E-state index is -5.38. The van der Waals surface area contributed by atoms with E-state index in [0.717, 1.165) is 10.8 Å². The number of aromatic nitrogens is 4. The monoisotopic (exact) mass is 848 g/mol. The molecule has 15 N–H and O–H groups in total. The van der Waals surface area contributed by atoms with Crippen LogP contribution in [-0.2, 0) is 78.3 Å². The fraction of sp³-hybridized carbons (Fsp3) is 0.474. The van der Waals surface area contributed by atoms with Gasteiger partial charge in [-0.05, 0) is 6.07 Å². The standard InChI is InChI=1S/C19H24N8O13P2S2.Mo.3H2O/c20-7-1-2-27(19(31)22-7)17-11(29)10(28)5(39-17)3-36-41(32,33)40-42(34,35)37-4-6-12(43)13(44)8-16(38-6)24-14-9(23-8)15(30)26-18(21)25-14;;;;/h1-2,5-6,8,10-11,16-17,28-29,43-44H,3-4H2,(H,32,33)(H,34,35)(H2,20,22,31)(H3,21,24,25,26,30);;3*1H2/q;+2;;;/p-2. The Balaban J connectivity index is 0.00000288. The van der Waals surface area contributed by atoms with Gasteiger partial charge in [-0.15, -0.1) is 0 Å². The average Bonchev–Trinajstić information content (AvgIpc) is 3.20. The Kier molecular flexibility index (Phi) is 15.2. The molecule has 9 unspecified atom stereocenters. The number of hydrogen-bond donors (Lipinski definition) is 7. The summed E-state index contributed by atoms with van der Waals surface area (Å²) in [6.07, 6.45) is -7.70. The smallest absolute Gasteiger partial charge is 0.783 e. The van der Waals surface area contributed by atoms with E-state index >= 15 is 0 Å². The van der Waals surface area contributed by atoms with Crippen LogP contribution in [0.2, 0.25) is 0 Å². The molecular weight excluding hydrogens is 818 g/mol. The van der Waals surface area contributed by atoms with E-state index in [2.05, 4.69) is 33.8 Å².